The standard InChI is InChI=1S/C15H23N3O3/c1-2-3-4-18(10-15(17)19)9-11-7-13-14(8-12(11)16)21-6-5-20-13/h7-8H,2-6,9-10,16H2,1H3,(H2,17,19). The van der Waals surface area contributed by atoms with Crippen molar-refractivity contribution in [3.63, 3.8) is 0 Å². The maximum Gasteiger partial charge on any atom is 0.231 e. The summed E-state index contributed by atoms with van der Waals surface area (Å²) in [6.07, 6.45) is 2.07. The number of fused-ring (bicyclic) bond motifs is 1. The summed E-state index contributed by atoms with van der Waals surface area (Å²) >= 11 is 0. The Labute approximate surface area is 125 Å². The molecule has 0 aromatic heterocycles. The molecule has 0 saturated heterocycles. The highest BCUT2D eigenvalue weighted by Gasteiger charge is 2.17. The zero-order valence-corrected chi connectivity index (χ0v) is 12.4. The van der Waals surface area contributed by atoms with Gasteiger partial charge in [0.1, 0.15) is 13.2 Å². The van der Waals surface area contributed by atoms with Crippen molar-refractivity contribution >= 4 is 11.6 Å². The molecule has 1 heterocycles. The number of unbranched alkanes of at least 4 members (excludes halogenated alkanes) is 1. The Morgan fingerprint density at radius 3 is 2.57 bits per heavy atom. The van der Waals surface area contributed by atoms with Gasteiger partial charge in [-0.25, -0.2) is 0 Å². The Balaban J connectivity index is 2.13. The number of carbonyl (C=O) groups is 1. The van der Waals surface area contributed by atoms with Crippen molar-refractivity contribution in [2.45, 2.75) is 26.3 Å². The summed E-state index contributed by atoms with van der Waals surface area (Å²) in [5.41, 5.74) is 13.0. The van der Waals surface area contributed by atoms with Crippen LogP contribution >= 0.6 is 0 Å². The van der Waals surface area contributed by atoms with Gasteiger partial charge in [0, 0.05) is 18.3 Å². The van der Waals surface area contributed by atoms with E-state index in [1.54, 1.807) is 6.07 Å². The van der Waals surface area contributed by atoms with Crippen molar-refractivity contribution in [3.05, 3.63) is 17.7 Å². The molecule has 1 amide bonds. The van der Waals surface area contributed by atoms with E-state index in [0.717, 1.165) is 24.9 Å². The summed E-state index contributed by atoms with van der Waals surface area (Å²) in [6, 6.07) is 3.68. The number of anilines is 1. The largest absolute Gasteiger partial charge is 0.486 e. The van der Waals surface area contributed by atoms with Crippen molar-refractivity contribution in [3.8, 4) is 11.5 Å². The molecule has 6 nitrogen and oxygen atoms in total. The van der Waals surface area contributed by atoms with Gasteiger partial charge in [-0.2, -0.15) is 0 Å². The first-order valence-electron chi connectivity index (χ1n) is 7.28. The molecule has 1 aromatic rings. The molecule has 0 atom stereocenters. The van der Waals surface area contributed by atoms with Crippen LogP contribution in [0.3, 0.4) is 0 Å². The van der Waals surface area contributed by atoms with E-state index >= 15 is 0 Å². The molecular weight excluding hydrogens is 270 g/mol. The fourth-order valence-electron chi connectivity index (χ4n) is 2.34. The van der Waals surface area contributed by atoms with Gasteiger partial charge in [0.25, 0.3) is 0 Å². The van der Waals surface area contributed by atoms with E-state index in [1.165, 1.54) is 0 Å². The third-order valence-corrected chi connectivity index (χ3v) is 3.41. The predicted octanol–water partition coefficient (Wildman–Crippen LogP) is 1.13. The van der Waals surface area contributed by atoms with E-state index in [1.807, 2.05) is 11.0 Å². The minimum absolute atomic E-state index is 0.230. The molecule has 0 fully saturated rings. The molecule has 1 aromatic carbocycles. The van der Waals surface area contributed by atoms with Crippen LogP contribution in [0.2, 0.25) is 0 Å². The Bertz CT molecular complexity index is 505. The number of nitrogen functional groups attached to an aromatic ring is 1. The summed E-state index contributed by atoms with van der Waals surface area (Å²) < 4.78 is 11.1. The van der Waals surface area contributed by atoms with Gasteiger partial charge in [0.2, 0.25) is 5.91 Å². The third-order valence-electron chi connectivity index (χ3n) is 3.41. The Morgan fingerprint density at radius 1 is 1.29 bits per heavy atom. The van der Waals surface area contributed by atoms with Gasteiger partial charge in [-0.15, -0.1) is 0 Å². The quantitative estimate of drug-likeness (QED) is 0.735. The summed E-state index contributed by atoms with van der Waals surface area (Å²) in [4.78, 5) is 13.2. The number of carbonyl (C=O) groups excluding carboxylic acids is 1. The molecule has 0 aliphatic carbocycles. The molecule has 0 spiro atoms. The highest BCUT2D eigenvalue weighted by atomic mass is 16.6. The van der Waals surface area contributed by atoms with Crippen molar-refractivity contribution in [1.82, 2.24) is 4.90 Å². The van der Waals surface area contributed by atoms with Crippen LogP contribution < -0.4 is 20.9 Å². The van der Waals surface area contributed by atoms with Crippen molar-refractivity contribution in [1.29, 1.82) is 0 Å². The zero-order valence-electron chi connectivity index (χ0n) is 12.4. The second-order valence-corrected chi connectivity index (χ2v) is 5.23. The maximum atomic E-state index is 11.2. The van der Waals surface area contributed by atoms with Crippen LogP contribution in [0.15, 0.2) is 12.1 Å². The molecule has 0 radical (unpaired) electrons. The maximum absolute atomic E-state index is 11.2. The second-order valence-electron chi connectivity index (χ2n) is 5.23. The number of nitrogens with zero attached hydrogens (tertiary/aromatic N) is 1. The van der Waals surface area contributed by atoms with Gasteiger partial charge in [-0.3, -0.25) is 9.69 Å². The number of primary amides is 1. The number of amides is 1. The van der Waals surface area contributed by atoms with Gasteiger partial charge >= 0.3 is 0 Å². The average molecular weight is 293 g/mol. The highest BCUT2D eigenvalue weighted by molar-refractivity contribution is 5.76. The number of hydrogen-bond acceptors (Lipinski definition) is 5. The van der Waals surface area contributed by atoms with Gasteiger partial charge < -0.3 is 20.9 Å². The van der Waals surface area contributed by atoms with Gasteiger partial charge in [-0.05, 0) is 24.6 Å². The molecule has 116 valence electrons. The van der Waals surface area contributed by atoms with Crippen LogP contribution in [-0.2, 0) is 11.3 Å². The van der Waals surface area contributed by atoms with E-state index in [2.05, 4.69) is 6.92 Å². The molecule has 1 aliphatic rings. The van der Waals surface area contributed by atoms with Crippen molar-refractivity contribution in [2.75, 3.05) is 32.0 Å². The van der Waals surface area contributed by atoms with Gasteiger partial charge in [0.15, 0.2) is 11.5 Å². The number of ether oxygens (including phenoxy) is 2. The Hall–Kier alpha value is -1.95. The van der Waals surface area contributed by atoms with Crippen LogP contribution in [0.1, 0.15) is 25.3 Å². The lowest BCUT2D eigenvalue weighted by Crippen LogP contribution is -2.34. The molecule has 0 saturated carbocycles. The minimum atomic E-state index is -0.331. The summed E-state index contributed by atoms with van der Waals surface area (Å²) in [6.45, 7) is 4.81. The lowest BCUT2D eigenvalue weighted by molar-refractivity contribution is -0.119. The fraction of sp³-hybridized carbons (Fsp3) is 0.533. The molecule has 4 N–H and O–H groups in total. The Kier molecular flexibility index (Phi) is 5.27. The number of benzene rings is 1. The minimum Gasteiger partial charge on any atom is -0.486 e. The van der Waals surface area contributed by atoms with Crippen LogP contribution in [0, 0.1) is 0 Å². The summed E-state index contributed by atoms with van der Waals surface area (Å²) in [7, 11) is 0. The topological polar surface area (TPSA) is 90.8 Å². The predicted molar refractivity (Wildman–Crippen MR) is 81.2 cm³/mol. The average Bonchev–Trinajstić information content (AvgIpc) is 2.45. The molecule has 2 rings (SSSR count). The molecule has 0 bridgehead atoms. The van der Waals surface area contributed by atoms with E-state index in [0.29, 0.717) is 36.9 Å². The molecule has 21 heavy (non-hydrogen) atoms. The molecule has 0 unspecified atom stereocenters. The lowest BCUT2D eigenvalue weighted by Gasteiger charge is -2.24. The first-order chi connectivity index (χ1) is 10.1. The lowest BCUT2D eigenvalue weighted by atomic mass is 10.1. The van der Waals surface area contributed by atoms with Crippen LogP contribution in [-0.4, -0.2) is 37.1 Å². The van der Waals surface area contributed by atoms with E-state index in [9.17, 15) is 4.79 Å². The van der Waals surface area contributed by atoms with Gasteiger partial charge in [-0.1, -0.05) is 13.3 Å². The summed E-state index contributed by atoms with van der Waals surface area (Å²) in [5.74, 6) is 1.06. The van der Waals surface area contributed by atoms with Crippen LogP contribution in [0.5, 0.6) is 11.5 Å². The number of hydrogen-bond donors (Lipinski definition) is 2. The first kappa shape index (κ1) is 15.4. The third kappa shape index (κ3) is 4.26. The SMILES string of the molecule is CCCCN(CC(N)=O)Cc1cc2c(cc1N)OCCO2. The van der Waals surface area contributed by atoms with E-state index in [4.69, 9.17) is 20.9 Å². The van der Waals surface area contributed by atoms with Crippen LogP contribution in [0.4, 0.5) is 5.69 Å². The van der Waals surface area contributed by atoms with E-state index in [-0.39, 0.29) is 12.5 Å². The zero-order chi connectivity index (χ0) is 15.2. The second kappa shape index (κ2) is 7.17. The highest BCUT2D eigenvalue weighted by Crippen LogP contribution is 2.34. The first-order valence-corrected chi connectivity index (χ1v) is 7.28. The fourth-order valence-corrected chi connectivity index (χ4v) is 2.34. The number of nitrogens with two attached hydrogens (primary N) is 2. The van der Waals surface area contributed by atoms with Gasteiger partial charge in [0.05, 0.1) is 6.54 Å². The monoisotopic (exact) mass is 293 g/mol. The summed E-state index contributed by atoms with van der Waals surface area (Å²) in [5, 5.41) is 0. The molecule has 6 heteroatoms. The Morgan fingerprint density at radius 2 is 1.95 bits per heavy atom. The van der Waals surface area contributed by atoms with E-state index < -0.39 is 0 Å². The van der Waals surface area contributed by atoms with Crippen molar-refractivity contribution in [2.24, 2.45) is 5.73 Å². The number of rotatable bonds is 7. The smallest absolute Gasteiger partial charge is 0.231 e. The molecular formula is C15H23N3O3. The van der Waals surface area contributed by atoms with Crippen LogP contribution in [0.25, 0.3) is 0 Å². The van der Waals surface area contributed by atoms with Crippen molar-refractivity contribution < 1.29 is 14.3 Å². The normalized spacial score (nSPS) is 13.4. The molecule has 1 aliphatic heterocycles.